The zero-order valence-electron chi connectivity index (χ0n) is 9.70. The summed E-state index contributed by atoms with van der Waals surface area (Å²) in [7, 11) is 0. The van der Waals surface area contributed by atoms with Gasteiger partial charge in [-0.1, -0.05) is 30.3 Å². The molecule has 3 N–H and O–H groups in total. The molecule has 0 saturated carbocycles. The summed E-state index contributed by atoms with van der Waals surface area (Å²) in [6.45, 7) is -0.635. The summed E-state index contributed by atoms with van der Waals surface area (Å²) < 4.78 is 5.12. The van der Waals surface area contributed by atoms with Gasteiger partial charge in [0, 0.05) is 0 Å². The molecule has 0 aromatic heterocycles. The minimum Gasteiger partial charge on any atom is -0.480 e. The molecule has 18 heavy (non-hydrogen) atoms. The number of aliphatic hydroxyl groups is 1. The van der Waals surface area contributed by atoms with Crippen LogP contribution in [0.2, 0.25) is 0 Å². The van der Waals surface area contributed by atoms with Crippen LogP contribution in [-0.4, -0.2) is 41.3 Å². The molecule has 0 fully saturated rings. The molecule has 0 aliphatic heterocycles. The molecule has 1 amide bonds. The average molecular weight is 253 g/mol. The first-order chi connectivity index (χ1) is 8.63. The lowest BCUT2D eigenvalue weighted by atomic mass is 10.2. The molecule has 0 aliphatic carbocycles. The van der Waals surface area contributed by atoms with Gasteiger partial charge in [0.25, 0.3) is 0 Å². The number of aliphatic carboxylic acids is 1. The third kappa shape index (κ3) is 4.94. The second-order valence-electron chi connectivity index (χ2n) is 3.62. The smallest absolute Gasteiger partial charge is 0.328 e. The van der Waals surface area contributed by atoms with E-state index in [-0.39, 0.29) is 13.2 Å². The zero-order valence-corrected chi connectivity index (χ0v) is 9.70. The number of carboxylic acid groups (broad SMARTS) is 1. The molecule has 0 bridgehead atoms. The van der Waals surface area contributed by atoms with Gasteiger partial charge < -0.3 is 20.3 Å². The first-order valence-electron chi connectivity index (χ1n) is 5.38. The first-order valence-corrected chi connectivity index (χ1v) is 5.38. The predicted molar refractivity (Wildman–Crippen MR) is 62.8 cm³/mol. The number of ether oxygens (including phenoxy) is 1. The Kier molecular flexibility index (Phi) is 5.83. The monoisotopic (exact) mass is 253 g/mol. The molecule has 6 heteroatoms. The van der Waals surface area contributed by atoms with Crippen molar-refractivity contribution >= 4 is 11.9 Å². The van der Waals surface area contributed by atoms with E-state index in [4.69, 9.17) is 14.9 Å². The summed E-state index contributed by atoms with van der Waals surface area (Å²) in [5.74, 6) is -1.86. The van der Waals surface area contributed by atoms with Gasteiger partial charge in [0.05, 0.1) is 13.2 Å². The minimum absolute atomic E-state index is 0.251. The molecule has 0 heterocycles. The van der Waals surface area contributed by atoms with Gasteiger partial charge >= 0.3 is 5.97 Å². The van der Waals surface area contributed by atoms with Gasteiger partial charge in [0.2, 0.25) is 5.91 Å². The number of nitrogens with one attached hydrogen (secondary N) is 1. The second-order valence-corrected chi connectivity index (χ2v) is 3.62. The molecule has 1 rings (SSSR count). The van der Waals surface area contributed by atoms with Gasteiger partial charge in [0.15, 0.2) is 0 Å². The molecular formula is C12H15NO5. The molecule has 1 aromatic carbocycles. The number of amides is 1. The second kappa shape index (κ2) is 7.41. The van der Waals surface area contributed by atoms with E-state index in [2.05, 4.69) is 5.32 Å². The Balaban J connectivity index is 2.27. The number of rotatable bonds is 7. The van der Waals surface area contributed by atoms with Crippen molar-refractivity contribution in [2.45, 2.75) is 12.6 Å². The van der Waals surface area contributed by atoms with Crippen molar-refractivity contribution in [2.75, 3.05) is 13.2 Å². The fraction of sp³-hybridized carbons (Fsp3) is 0.333. The maximum Gasteiger partial charge on any atom is 0.328 e. The molecule has 1 aromatic rings. The van der Waals surface area contributed by atoms with E-state index in [1.807, 2.05) is 30.3 Å². The lowest BCUT2D eigenvalue weighted by Gasteiger charge is -2.11. The van der Waals surface area contributed by atoms with Crippen LogP contribution < -0.4 is 5.32 Å². The summed E-state index contributed by atoms with van der Waals surface area (Å²) in [6, 6.07) is 7.99. The number of carbonyl (C=O) groups is 2. The van der Waals surface area contributed by atoms with Crippen molar-refractivity contribution in [3.63, 3.8) is 0 Å². The van der Waals surface area contributed by atoms with E-state index in [0.29, 0.717) is 0 Å². The third-order valence-corrected chi connectivity index (χ3v) is 2.16. The topological polar surface area (TPSA) is 95.9 Å². The van der Waals surface area contributed by atoms with Gasteiger partial charge in [0.1, 0.15) is 12.6 Å². The molecule has 0 radical (unpaired) electrons. The molecule has 98 valence electrons. The van der Waals surface area contributed by atoms with Gasteiger partial charge in [-0.25, -0.2) is 4.79 Å². The van der Waals surface area contributed by atoms with E-state index in [0.717, 1.165) is 5.56 Å². The Bertz CT molecular complexity index is 393. The van der Waals surface area contributed by atoms with Crippen LogP contribution in [0, 0.1) is 0 Å². The van der Waals surface area contributed by atoms with Gasteiger partial charge in [-0.15, -0.1) is 0 Å². The summed E-state index contributed by atoms with van der Waals surface area (Å²) in [6.07, 6.45) is 0. The summed E-state index contributed by atoms with van der Waals surface area (Å²) in [4.78, 5) is 21.8. The summed E-state index contributed by atoms with van der Waals surface area (Å²) in [5, 5.41) is 19.5. The number of carboxylic acids is 1. The molecular weight excluding hydrogens is 238 g/mol. The van der Waals surface area contributed by atoms with Crippen LogP contribution in [0.25, 0.3) is 0 Å². The zero-order chi connectivity index (χ0) is 13.4. The van der Waals surface area contributed by atoms with Crippen LogP contribution in [-0.2, 0) is 20.9 Å². The quantitative estimate of drug-likeness (QED) is 0.623. The van der Waals surface area contributed by atoms with E-state index in [9.17, 15) is 9.59 Å². The Hall–Kier alpha value is -1.92. The molecule has 0 saturated heterocycles. The molecule has 1 atom stereocenters. The first kappa shape index (κ1) is 14.1. The van der Waals surface area contributed by atoms with Crippen LogP contribution in [0.3, 0.4) is 0 Å². The van der Waals surface area contributed by atoms with Crippen molar-refractivity contribution in [2.24, 2.45) is 0 Å². The summed E-state index contributed by atoms with van der Waals surface area (Å²) >= 11 is 0. The maximum absolute atomic E-state index is 11.3. The summed E-state index contributed by atoms with van der Waals surface area (Å²) in [5.41, 5.74) is 0.919. The normalized spacial score (nSPS) is 11.8. The highest BCUT2D eigenvalue weighted by molar-refractivity contribution is 5.84. The highest BCUT2D eigenvalue weighted by Gasteiger charge is 2.18. The SMILES string of the molecule is O=C(COCc1ccccc1)N[C@H](CO)C(=O)O. The highest BCUT2D eigenvalue weighted by atomic mass is 16.5. The van der Waals surface area contributed by atoms with Crippen molar-refractivity contribution in [3.05, 3.63) is 35.9 Å². The Morgan fingerprint density at radius 1 is 1.28 bits per heavy atom. The lowest BCUT2D eigenvalue weighted by molar-refractivity contribution is -0.143. The average Bonchev–Trinajstić information content (AvgIpc) is 2.37. The fourth-order valence-corrected chi connectivity index (χ4v) is 1.26. The van der Waals surface area contributed by atoms with Crippen LogP contribution in [0.5, 0.6) is 0 Å². The fourth-order valence-electron chi connectivity index (χ4n) is 1.26. The minimum atomic E-state index is -1.29. The number of hydrogen-bond donors (Lipinski definition) is 3. The number of hydrogen-bond acceptors (Lipinski definition) is 4. The van der Waals surface area contributed by atoms with E-state index >= 15 is 0 Å². The highest BCUT2D eigenvalue weighted by Crippen LogP contribution is 1.99. The number of carbonyl (C=O) groups excluding carboxylic acids is 1. The largest absolute Gasteiger partial charge is 0.480 e. The third-order valence-electron chi connectivity index (χ3n) is 2.16. The van der Waals surface area contributed by atoms with Crippen molar-refractivity contribution in [1.82, 2.24) is 5.32 Å². The molecule has 0 unspecified atom stereocenters. The van der Waals surface area contributed by atoms with Gasteiger partial charge in [-0.05, 0) is 5.56 Å². The Morgan fingerprint density at radius 2 is 1.94 bits per heavy atom. The van der Waals surface area contributed by atoms with Crippen molar-refractivity contribution in [3.8, 4) is 0 Å². The Labute approximate surface area is 104 Å². The number of aliphatic hydroxyl groups excluding tert-OH is 1. The van der Waals surface area contributed by atoms with Crippen LogP contribution >= 0.6 is 0 Å². The molecule has 0 aliphatic rings. The van der Waals surface area contributed by atoms with Gasteiger partial charge in [-0.3, -0.25) is 4.79 Å². The standard InChI is InChI=1S/C12H15NO5/c14-6-10(12(16)17)13-11(15)8-18-7-9-4-2-1-3-5-9/h1-5,10,14H,6-8H2,(H,13,15)(H,16,17)/t10-/m1/s1. The van der Waals surface area contributed by atoms with E-state index < -0.39 is 24.5 Å². The van der Waals surface area contributed by atoms with E-state index in [1.54, 1.807) is 0 Å². The lowest BCUT2D eigenvalue weighted by Crippen LogP contribution is -2.44. The van der Waals surface area contributed by atoms with Crippen LogP contribution in [0.1, 0.15) is 5.56 Å². The maximum atomic E-state index is 11.3. The Morgan fingerprint density at radius 3 is 2.50 bits per heavy atom. The van der Waals surface area contributed by atoms with Crippen molar-refractivity contribution < 1.29 is 24.5 Å². The van der Waals surface area contributed by atoms with Crippen LogP contribution in [0.4, 0.5) is 0 Å². The number of benzene rings is 1. The molecule has 0 spiro atoms. The molecule has 6 nitrogen and oxygen atoms in total. The van der Waals surface area contributed by atoms with Crippen LogP contribution in [0.15, 0.2) is 30.3 Å². The predicted octanol–water partition coefficient (Wildman–Crippen LogP) is -0.235. The van der Waals surface area contributed by atoms with Gasteiger partial charge in [-0.2, -0.15) is 0 Å². The van der Waals surface area contributed by atoms with Crippen molar-refractivity contribution in [1.29, 1.82) is 0 Å². The van der Waals surface area contributed by atoms with E-state index in [1.165, 1.54) is 0 Å².